The first-order valence-corrected chi connectivity index (χ1v) is 6.16. The van der Waals surface area contributed by atoms with Crippen molar-refractivity contribution < 1.29 is 9.47 Å². The molecule has 1 aromatic carbocycles. The molecular formula is C13H14N2O2S. The number of hydrogen-bond donors (Lipinski definition) is 1. The highest BCUT2D eigenvalue weighted by atomic mass is 32.2. The van der Waals surface area contributed by atoms with Gasteiger partial charge in [0.1, 0.15) is 16.5 Å². The molecule has 1 aromatic heterocycles. The predicted octanol–water partition coefficient (Wildman–Crippen LogP) is 2.83. The molecule has 0 aliphatic heterocycles. The third-order valence-corrected chi connectivity index (χ3v) is 3.33. The highest BCUT2D eigenvalue weighted by Crippen LogP contribution is 2.36. The SMILES string of the molecule is COc1ccc(OC)c(Sc2ccc(N)cn2)c1. The van der Waals surface area contributed by atoms with Crippen LogP contribution in [0.4, 0.5) is 5.69 Å². The van der Waals surface area contributed by atoms with Gasteiger partial charge in [0.2, 0.25) is 0 Å². The van der Waals surface area contributed by atoms with Gasteiger partial charge in [-0.25, -0.2) is 4.98 Å². The van der Waals surface area contributed by atoms with E-state index in [-0.39, 0.29) is 0 Å². The molecule has 0 unspecified atom stereocenters. The van der Waals surface area contributed by atoms with E-state index in [1.165, 1.54) is 11.8 Å². The summed E-state index contributed by atoms with van der Waals surface area (Å²) in [6, 6.07) is 9.35. The normalized spacial score (nSPS) is 10.1. The van der Waals surface area contributed by atoms with Crippen LogP contribution in [0, 0.1) is 0 Å². The van der Waals surface area contributed by atoms with Crippen LogP contribution in [0.25, 0.3) is 0 Å². The van der Waals surface area contributed by atoms with Crippen molar-refractivity contribution in [1.29, 1.82) is 0 Å². The van der Waals surface area contributed by atoms with Crippen LogP contribution in [0.1, 0.15) is 0 Å². The van der Waals surface area contributed by atoms with Gasteiger partial charge in [0.25, 0.3) is 0 Å². The largest absolute Gasteiger partial charge is 0.497 e. The Kier molecular flexibility index (Phi) is 3.94. The zero-order valence-electron chi connectivity index (χ0n) is 10.2. The van der Waals surface area contributed by atoms with E-state index < -0.39 is 0 Å². The summed E-state index contributed by atoms with van der Waals surface area (Å²) in [7, 11) is 3.28. The van der Waals surface area contributed by atoms with Gasteiger partial charge in [-0.15, -0.1) is 0 Å². The van der Waals surface area contributed by atoms with Crippen molar-refractivity contribution in [2.75, 3.05) is 20.0 Å². The molecule has 0 fully saturated rings. The van der Waals surface area contributed by atoms with Crippen LogP contribution >= 0.6 is 11.8 Å². The zero-order valence-corrected chi connectivity index (χ0v) is 11.0. The second kappa shape index (κ2) is 5.64. The van der Waals surface area contributed by atoms with E-state index in [9.17, 15) is 0 Å². The minimum absolute atomic E-state index is 0.650. The number of ether oxygens (including phenoxy) is 2. The minimum Gasteiger partial charge on any atom is -0.497 e. The Morgan fingerprint density at radius 3 is 2.56 bits per heavy atom. The molecule has 18 heavy (non-hydrogen) atoms. The minimum atomic E-state index is 0.650. The van der Waals surface area contributed by atoms with Crippen molar-refractivity contribution in [1.82, 2.24) is 4.98 Å². The lowest BCUT2D eigenvalue weighted by Gasteiger charge is -2.09. The van der Waals surface area contributed by atoms with Gasteiger partial charge in [-0.05, 0) is 30.3 Å². The van der Waals surface area contributed by atoms with Crippen LogP contribution in [0.2, 0.25) is 0 Å². The lowest BCUT2D eigenvalue weighted by molar-refractivity contribution is 0.394. The van der Waals surface area contributed by atoms with E-state index in [0.717, 1.165) is 21.4 Å². The third kappa shape index (κ3) is 2.87. The summed E-state index contributed by atoms with van der Waals surface area (Å²) in [6.45, 7) is 0. The molecule has 2 aromatic rings. The van der Waals surface area contributed by atoms with E-state index in [4.69, 9.17) is 15.2 Å². The molecule has 0 aliphatic rings. The van der Waals surface area contributed by atoms with E-state index in [0.29, 0.717) is 5.69 Å². The second-order valence-electron chi connectivity index (χ2n) is 3.55. The number of anilines is 1. The number of methoxy groups -OCH3 is 2. The van der Waals surface area contributed by atoms with Gasteiger partial charge in [0, 0.05) is 0 Å². The summed E-state index contributed by atoms with van der Waals surface area (Å²) in [5, 5.41) is 0.857. The summed E-state index contributed by atoms with van der Waals surface area (Å²) in [6.07, 6.45) is 1.63. The second-order valence-corrected chi connectivity index (χ2v) is 4.61. The predicted molar refractivity (Wildman–Crippen MR) is 72.3 cm³/mol. The first-order chi connectivity index (χ1) is 8.72. The maximum Gasteiger partial charge on any atom is 0.133 e. The maximum absolute atomic E-state index is 5.61. The molecule has 0 saturated heterocycles. The molecular weight excluding hydrogens is 248 g/mol. The average Bonchev–Trinajstić information content (AvgIpc) is 2.41. The number of pyridine rings is 1. The average molecular weight is 262 g/mol. The van der Waals surface area contributed by atoms with Crippen molar-refractivity contribution in [2.45, 2.75) is 9.92 Å². The van der Waals surface area contributed by atoms with Crippen LogP contribution in [0.5, 0.6) is 11.5 Å². The quantitative estimate of drug-likeness (QED) is 0.918. The van der Waals surface area contributed by atoms with Crippen LogP contribution in [-0.2, 0) is 0 Å². The molecule has 0 atom stereocenters. The Labute approximate surface area is 110 Å². The molecule has 0 bridgehead atoms. The molecule has 0 amide bonds. The number of nitrogens with zero attached hydrogens (tertiary/aromatic N) is 1. The number of hydrogen-bond acceptors (Lipinski definition) is 5. The maximum atomic E-state index is 5.61. The van der Waals surface area contributed by atoms with Gasteiger partial charge in [0.05, 0.1) is 31.0 Å². The third-order valence-electron chi connectivity index (χ3n) is 2.34. The van der Waals surface area contributed by atoms with Crippen LogP contribution in [0.15, 0.2) is 46.5 Å². The first kappa shape index (κ1) is 12.6. The van der Waals surface area contributed by atoms with Crippen LogP contribution in [-0.4, -0.2) is 19.2 Å². The topological polar surface area (TPSA) is 57.4 Å². The van der Waals surface area contributed by atoms with Gasteiger partial charge < -0.3 is 15.2 Å². The molecule has 5 heteroatoms. The number of aromatic nitrogens is 1. The molecule has 4 nitrogen and oxygen atoms in total. The summed E-state index contributed by atoms with van der Waals surface area (Å²) < 4.78 is 10.5. The van der Waals surface area contributed by atoms with Gasteiger partial charge in [0.15, 0.2) is 0 Å². The molecule has 94 valence electrons. The molecule has 0 aliphatic carbocycles. The Bertz CT molecular complexity index is 529. The van der Waals surface area contributed by atoms with Crippen molar-refractivity contribution in [3.05, 3.63) is 36.5 Å². The molecule has 2 rings (SSSR count). The number of benzene rings is 1. The molecule has 0 radical (unpaired) electrons. The summed E-state index contributed by atoms with van der Waals surface area (Å²) in [5.74, 6) is 1.58. The van der Waals surface area contributed by atoms with Crippen LogP contribution < -0.4 is 15.2 Å². The Hall–Kier alpha value is -1.88. The molecule has 0 saturated carbocycles. The lowest BCUT2D eigenvalue weighted by atomic mass is 10.3. The fourth-order valence-electron chi connectivity index (χ4n) is 1.43. The van der Waals surface area contributed by atoms with E-state index in [1.807, 2.05) is 30.3 Å². The van der Waals surface area contributed by atoms with E-state index >= 15 is 0 Å². The lowest BCUT2D eigenvalue weighted by Crippen LogP contribution is -1.90. The summed E-state index contributed by atoms with van der Waals surface area (Å²) in [5.41, 5.74) is 6.26. The van der Waals surface area contributed by atoms with Crippen molar-refractivity contribution >= 4 is 17.4 Å². The van der Waals surface area contributed by atoms with Gasteiger partial charge >= 0.3 is 0 Å². The van der Waals surface area contributed by atoms with Gasteiger partial charge in [-0.3, -0.25) is 0 Å². The molecule has 0 spiro atoms. The molecule has 2 N–H and O–H groups in total. The fraction of sp³-hybridized carbons (Fsp3) is 0.154. The standard InChI is InChI=1S/C13H14N2O2S/c1-16-10-4-5-11(17-2)12(7-10)18-13-6-3-9(14)8-15-13/h3-8H,14H2,1-2H3. The number of rotatable bonds is 4. The molecule has 1 heterocycles. The van der Waals surface area contributed by atoms with Gasteiger partial charge in [-0.1, -0.05) is 11.8 Å². The van der Waals surface area contributed by atoms with Crippen molar-refractivity contribution in [3.8, 4) is 11.5 Å². The first-order valence-electron chi connectivity index (χ1n) is 5.34. The number of nitrogen functional groups attached to an aromatic ring is 1. The number of nitrogens with two attached hydrogens (primary N) is 1. The van der Waals surface area contributed by atoms with Crippen LogP contribution in [0.3, 0.4) is 0 Å². The fourth-order valence-corrected chi connectivity index (χ4v) is 2.32. The van der Waals surface area contributed by atoms with E-state index in [2.05, 4.69) is 4.98 Å². The Morgan fingerprint density at radius 2 is 1.94 bits per heavy atom. The highest BCUT2D eigenvalue weighted by molar-refractivity contribution is 7.99. The smallest absolute Gasteiger partial charge is 0.133 e. The highest BCUT2D eigenvalue weighted by Gasteiger charge is 2.07. The van der Waals surface area contributed by atoms with Gasteiger partial charge in [-0.2, -0.15) is 0 Å². The summed E-state index contributed by atoms with van der Waals surface area (Å²) >= 11 is 1.51. The Morgan fingerprint density at radius 1 is 1.11 bits per heavy atom. The zero-order chi connectivity index (χ0) is 13.0. The van der Waals surface area contributed by atoms with Crippen molar-refractivity contribution in [2.24, 2.45) is 0 Å². The van der Waals surface area contributed by atoms with E-state index in [1.54, 1.807) is 20.4 Å². The van der Waals surface area contributed by atoms with Crippen molar-refractivity contribution in [3.63, 3.8) is 0 Å². The Balaban J connectivity index is 2.29. The summed E-state index contributed by atoms with van der Waals surface area (Å²) in [4.78, 5) is 5.20. The monoisotopic (exact) mass is 262 g/mol.